The molecule has 0 bridgehead atoms. The molecular weight excluding hydrogens is 398 g/mol. The van der Waals surface area contributed by atoms with Crippen molar-refractivity contribution in [1.82, 2.24) is 9.88 Å². The van der Waals surface area contributed by atoms with Crippen molar-refractivity contribution in [3.63, 3.8) is 0 Å². The number of rotatable bonds is 3. The number of nitrogens with zero attached hydrogens (tertiary/aromatic N) is 3. The molecule has 0 N–H and O–H groups in total. The highest BCUT2D eigenvalue weighted by atomic mass is 19.4. The molecule has 2 aromatic rings. The van der Waals surface area contributed by atoms with Crippen molar-refractivity contribution < 1.29 is 22.4 Å². The molecule has 0 aliphatic carbocycles. The van der Waals surface area contributed by atoms with E-state index >= 15 is 0 Å². The van der Waals surface area contributed by atoms with Crippen molar-refractivity contribution >= 4 is 11.7 Å². The van der Waals surface area contributed by atoms with Crippen LogP contribution in [-0.4, -0.2) is 35.4 Å². The number of piperidine rings is 1. The Balaban J connectivity index is 1.31. The number of carbonyl (C=O) groups excluding carboxylic acids is 1. The van der Waals surface area contributed by atoms with E-state index in [4.69, 9.17) is 0 Å². The Morgan fingerprint density at radius 3 is 2.47 bits per heavy atom. The van der Waals surface area contributed by atoms with E-state index in [0.29, 0.717) is 51.2 Å². The monoisotopic (exact) mass is 421 g/mol. The zero-order chi connectivity index (χ0) is 21.3. The lowest BCUT2D eigenvalue weighted by Gasteiger charge is -2.34. The summed E-state index contributed by atoms with van der Waals surface area (Å²) in [6.45, 7) is 2.29. The van der Waals surface area contributed by atoms with Gasteiger partial charge in [-0.1, -0.05) is 24.3 Å². The highest BCUT2D eigenvalue weighted by Crippen LogP contribution is 2.32. The summed E-state index contributed by atoms with van der Waals surface area (Å²) in [6, 6.07) is 8.64. The molecule has 0 radical (unpaired) electrons. The summed E-state index contributed by atoms with van der Waals surface area (Å²) in [7, 11) is 0. The quantitative estimate of drug-likeness (QED) is 0.688. The number of halogens is 4. The number of amides is 1. The minimum Gasteiger partial charge on any atom is -0.354 e. The molecule has 1 saturated heterocycles. The average molecular weight is 421 g/mol. The number of alkyl halides is 3. The number of fused-ring (bicyclic) bond motifs is 1. The molecule has 3 heterocycles. The maximum Gasteiger partial charge on any atom is 0.417 e. The first-order chi connectivity index (χ1) is 14.3. The van der Waals surface area contributed by atoms with Crippen molar-refractivity contribution in [2.75, 3.05) is 24.5 Å². The number of hydrogen-bond donors (Lipinski definition) is 0. The van der Waals surface area contributed by atoms with Gasteiger partial charge in [-0.05, 0) is 42.4 Å². The number of hydrogen-bond acceptors (Lipinski definition) is 3. The van der Waals surface area contributed by atoms with Crippen LogP contribution in [-0.2, 0) is 23.9 Å². The predicted octanol–water partition coefficient (Wildman–Crippen LogP) is 4.43. The second-order valence-corrected chi connectivity index (χ2v) is 8.00. The Hall–Kier alpha value is -2.64. The highest BCUT2D eigenvalue weighted by Gasteiger charge is 2.33. The molecule has 160 valence electrons. The lowest BCUT2D eigenvalue weighted by molar-refractivity contribution is -0.138. The van der Waals surface area contributed by atoms with Crippen molar-refractivity contribution in [3.8, 4) is 0 Å². The highest BCUT2D eigenvalue weighted by molar-refractivity contribution is 5.76. The molecule has 0 atom stereocenters. The van der Waals surface area contributed by atoms with Gasteiger partial charge < -0.3 is 9.80 Å². The van der Waals surface area contributed by atoms with Crippen molar-refractivity contribution in [3.05, 3.63) is 59.0 Å². The van der Waals surface area contributed by atoms with Gasteiger partial charge in [0, 0.05) is 38.8 Å². The van der Waals surface area contributed by atoms with E-state index in [-0.39, 0.29) is 17.6 Å². The zero-order valence-electron chi connectivity index (χ0n) is 16.5. The third-order valence-corrected chi connectivity index (χ3v) is 6.01. The van der Waals surface area contributed by atoms with E-state index in [1.54, 1.807) is 4.90 Å². The average Bonchev–Trinajstić information content (AvgIpc) is 2.73. The van der Waals surface area contributed by atoms with Gasteiger partial charge in [0.25, 0.3) is 0 Å². The van der Waals surface area contributed by atoms with Crippen LogP contribution in [0.5, 0.6) is 0 Å². The van der Waals surface area contributed by atoms with Gasteiger partial charge in [-0.15, -0.1) is 0 Å². The van der Waals surface area contributed by atoms with Gasteiger partial charge in [0.1, 0.15) is 0 Å². The third-order valence-electron chi connectivity index (χ3n) is 6.01. The SMILES string of the molecule is O=C(CC1CCN(c2ncc(C(F)(F)F)cc2F)CC1)N1CCc2ccccc2C1. The Labute approximate surface area is 172 Å². The van der Waals surface area contributed by atoms with Gasteiger partial charge in [0.15, 0.2) is 11.6 Å². The summed E-state index contributed by atoms with van der Waals surface area (Å²) in [5, 5.41) is 0. The van der Waals surface area contributed by atoms with Crippen molar-refractivity contribution in [1.29, 1.82) is 0 Å². The molecule has 0 spiro atoms. The molecule has 1 fully saturated rings. The lowest BCUT2D eigenvalue weighted by Crippen LogP contribution is -2.39. The predicted molar refractivity (Wildman–Crippen MR) is 104 cm³/mol. The van der Waals surface area contributed by atoms with E-state index in [9.17, 15) is 22.4 Å². The van der Waals surface area contributed by atoms with E-state index in [1.807, 2.05) is 17.0 Å². The van der Waals surface area contributed by atoms with Gasteiger partial charge in [-0.25, -0.2) is 9.37 Å². The van der Waals surface area contributed by atoms with Gasteiger partial charge in [0.05, 0.1) is 5.56 Å². The normalized spacial score (nSPS) is 17.7. The van der Waals surface area contributed by atoms with E-state index in [1.165, 1.54) is 11.1 Å². The topological polar surface area (TPSA) is 36.4 Å². The molecule has 0 saturated carbocycles. The number of pyridine rings is 1. The maximum absolute atomic E-state index is 14.2. The zero-order valence-corrected chi connectivity index (χ0v) is 16.5. The van der Waals surface area contributed by atoms with E-state index in [2.05, 4.69) is 17.1 Å². The van der Waals surface area contributed by atoms with Crippen LogP contribution in [0, 0.1) is 11.7 Å². The van der Waals surface area contributed by atoms with Gasteiger partial charge in [0.2, 0.25) is 5.91 Å². The van der Waals surface area contributed by atoms with Crippen molar-refractivity contribution in [2.45, 2.75) is 38.4 Å². The minimum atomic E-state index is -4.62. The molecule has 1 aromatic carbocycles. The van der Waals surface area contributed by atoms with Crippen LogP contribution in [0.1, 0.15) is 36.0 Å². The van der Waals surface area contributed by atoms with Gasteiger partial charge in [-0.2, -0.15) is 13.2 Å². The fraction of sp³-hybridized carbons (Fsp3) is 0.455. The number of aromatic nitrogens is 1. The first-order valence-electron chi connectivity index (χ1n) is 10.1. The molecule has 8 heteroatoms. The van der Waals surface area contributed by atoms with Crippen LogP contribution in [0.25, 0.3) is 0 Å². The molecule has 4 rings (SSSR count). The lowest BCUT2D eigenvalue weighted by atomic mass is 9.92. The fourth-order valence-corrected chi connectivity index (χ4v) is 4.25. The number of benzene rings is 1. The molecular formula is C22H23F4N3O. The first-order valence-corrected chi connectivity index (χ1v) is 10.1. The molecule has 2 aliphatic heterocycles. The number of anilines is 1. The van der Waals surface area contributed by atoms with Crippen LogP contribution in [0.3, 0.4) is 0 Å². The number of carbonyl (C=O) groups is 1. The van der Waals surface area contributed by atoms with Crippen LogP contribution in [0.15, 0.2) is 36.5 Å². The summed E-state index contributed by atoms with van der Waals surface area (Å²) in [6.07, 6.45) is -1.29. The fourth-order valence-electron chi connectivity index (χ4n) is 4.25. The molecule has 2 aliphatic rings. The van der Waals surface area contributed by atoms with Gasteiger partial charge in [-0.3, -0.25) is 4.79 Å². The second kappa shape index (κ2) is 8.24. The second-order valence-electron chi connectivity index (χ2n) is 8.00. The Morgan fingerprint density at radius 1 is 1.10 bits per heavy atom. The standard InChI is InChI=1S/C22H23F4N3O/c23-19-12-18(22(24,25)26)13-27-21(19)28-8-5-15(6-9-28)11-20(30)29-10-7-16-3-1-2-4-17(16)14-29/h1-4,12-13,15H,5-11,14H2. The Morgan fingerprint density at radius 2 is 1.80 bits per heavy atom. The van der Waals surface area contributed by atoms with E-state index in [0.717, 1.165) is 13.0 Å². The Kier molecular flexibility index (Phi) is 5.66. The summed E-state index contributed by atoms with van der Waals surface area (Å²) in [5.41, 5.74) is 1.39. The molecule has 0 unspecified atom stereocenters. The largest absolute Gasteiger partial charge is 0.417 e. The smallest absolute Gasteiger partial charge is 0.354 e. The first kappa shape index (κ1) is 20.6. The van der Waals surface area contributed by atoms with Gasteiger partial charge >= 0.3 is 6.18 Å². The minimum absolute atomic E-state index is 0.0552. The molecule has 30 heavy (non-hydrogen) atoms. The van der Waals surface area contributed by atoms with Crippen LogP contribution in [0.4, 0.5) is 23.4 Å². The van der Waals surface area contributed by atoms with Crippen molar-refractivity contribution in [2.24, 2.45) is 5.92 Å². The molecule has 1 amide bonds. The summed E-state index contributed by atoms with van der Waals surface area (Å²) < 4.78 is 52.3. The van der Waals surface area contributed by atoms with Crippen LogP contribution >= 0.6 is 0 Å². The molecule has 4 nitrogen and oxygen atoms in total. The summed E-state index contributed by atoms with van der Waals surface area (Å²) in [4.78, 5) is 20.0. The maximum atomic E-state index is 14.2. The summed E-state index contributed by atoms with van der Waals surface area (Å²) >= 11 is 0. The molecule has 1 aromatic heterocycles. The third kappa shape index (κ3) is 4.42. The van der Waals surface area contributed by atoms with E-state index < -0.39 is 17.6 Å². The van der Waals surface area contributed by atoms with Crippen LogP contribution < -0.4 is 4.90 Å². The Bertz CT molecular complexity index is 923. The van der Waals surface area contributed by atoms with Crippen LogP contribution in [0.2, 0.25) is 0 Å². The summed E-state index contributed by atoms with van der Waals surface area (Å²) in [5.74, 6) is -0.711.